The average Bonchev–Trinajstić information content (AvgIpc) is 2.56. The number of amides is 1. The van der Waals surface area contributed by atoms with Crippen LogP contribution < -0.4 is 10.5 Å². The van der Waals surface area contributed by atoms with Gasteiger partial charge in [-0.2, -0.15) is 8.78 Å². The van der Waals surface area contributed by atoms with Crippen molar-refractivity contribution in [2.24, 2.45) is 5.73 Å². The molecule has 0 aliphatic heterocycles. The number of alkyl halides is 2. The first-order valence-electron chi connectivity index (χ1n) is 7.11. The Morgan fingerprint density at radius 1 is 1.08 bits per heavy atom. The molecule has 3 N–H and O–H groups in total. The third-order valence-corrected chi connectivity index (χ3v) is 3.51. The van der Waals surface area contributed by atoms with Crippen LogP contribution in [0.15, 0.2) is 54.6 Å². The van der Waals surface area contributed by atoms with E-state index in [4.69, 9.17) is 11.1 Å². The van der Waals surface area contributed by atoms with E-state index >= 15 is 0 Å². The van der Waals surface area contributed by atoms with E-state index in [1.807, 2.05) is 6.07 Å². The summed E-state index contributed by atoms with van der Waals surface area (Å²) < 4.78 is 28.8. The zero-order valence-electron chi connectivity index (χ0n) is 12.9. The summed E-state index contributed by atoms with van der Waals surface area (Å²) in [5.74, 6) is -1.47. The van der Waals surface area contributed by atoms with Gasteiger partial charge in [-0.05, 0) is 23.3 Å². The molecule has 0 saturated carbocycles. The summed E-state index contributed by atoms with van der Waals surface area (Å²) in [7, 11) is 1.41. The molecule has 126 valence electrons. The summed E-state index contributed by atoms with van der Waals surface area (Å²) in [4.78, 5) is 13.7. The van der Waals surface area contributed by atoms with Gasteiger partial charge in [0.25, 0.3) is 0 Å². The number of nitrogens with one attached hydrogen (secondary N) is 1. The molecule has 5 nitrogen and oxygen atoms in total. The zero-order valence-corrected chi connectivity index (χ0v) is 12.9. The molecule has 0 saturated heterocycles. The number of carbonyl (C=O) groups is 1. The first-order valence-corrected chi connectivity index (χ1v) is 7.11. The summed E-state index contributed by atoms with van der Waals surface area (Å²) in [6.07, 6.45) is 0. The molecule has 2 aromatic carbocycles. The molecule has 2 aromatic rings. The monoisotopic (exact) mass is 333 g/mol. The number of likely N-dealkylation sites (N-methyl/N-ethyl adjacent to an activating group) is 1. The van der Waals surface area contributed by atoms with Crippen LogP contribution in [-0.2, 0) is 4.79 Å². The van der Waals surface area contributed by atoms with Crippen LogP contribution in [0.1, 0.15) is 17.0 Å². The Balaban J connectivity index is 2.39. The zero-order chi connectivity index (χ0) is 17.7. The Labute approximate surface area is 138 Å². The number of guanidine groups is 1. The number of carbonyl (C=O) groups excluding carboxylic acids is 1. The molecule has 0 bridgehead atoms. The largest absolute Gasteiger partial charge is 0.435 e. The standard InChI is InChI=1S/C17H17F2N3O2/c1-22(17(20)21)15(23)14(11-5-3-2-4-6-11)12-7-9-13(10-8-12)24-16(18)19/h2-10,14,16H,1H3,(H3,20,21). The maximum absolute atomic E-state index is 12.7. The molecular formula is C17H17F2N3O2. The lowest BCUT2D eigenvalue weighted by Crippen LogP contribution is -2.41. The lowest BCUT2D eigenvalue weighted by atomic mass is 9.90. The van der Waals surface area contributed by atoms with Crippen molar-refractivity contribution in [3.8, 4) is 5.75 Å². The van der Waals surface area contributed by atoms with Crippen molar-refractivity contribution in [1.82, 2.24) is 4.90 Å². The van der Waals surface area contributed by atoms with Crippen molar-refractivity contribution >= 4 is 11.9 Å². The molecule has 0 fully saturated rings. The quantitative estimate of drug-likeness (QED) is 0.652. The highest BCUT2D eigenvalue weighted by atomic mass is 19.3. The van der Waals surface area contributed by atoms with Crippen LogP contribution >= 0.6 is 0 Å². The molecule has 0 aliphatic rings. The maximum atomic E-state index is 12.7. The van der Waals surface area contributed by atoms with Gasteiger partial charge in [-0.15, -0.1) is 0 Å². The van der Waals surface area contributed by atoms with Gasteiger partial charge >= 0.3 is 6.61 Å². The van der Waals surface area contributed by atoms with Crippen LogP contribution in [-0.4, -0.2) is 30.4 Å². The Kier molecular flexibility index (Phi) is 5.47. The minimum absolute atomic E-state index is 0.00735. The molecule has 0 heterocycles. The Bertz CT molecular complexity index is 706. The fourth-order valence-corrected chi connectivity index (χ4v) is 2.28. The van der Waals surface area contributed by atoms with E-state index in [9.17, 15) is 13.6 Å². The third kappa shape index (κ3) is 4.07. The number of nitrogens with zero attached hydrogens (tertiary/aromatic N) is 1. The Hall–Kier alpha value is -2.96. The predicted molar refractivity (Wildman–Crippen MR) is 86.0 cm³/mol. The summed E-state index contributed by atoms with van der Waals surface area (Å²) in [6, 6.07) is 14.8. The number of halogens is 2. The second-order valence-electron chi connectivity index (χ2n) is 5.07. The Morgan fingerprint density at radius 2 is 1.62 bits per heavy atom. The minimum atomic E-state index is -2.91. The molecule has 0 spiro atoms. The summed E-state index contributed by atoms with van der Waals surface area (Å²) >= 11 is 0. The minimum Gasteiger partial charge on any atom is -0.435 e. The van der Waals surface area contributed by atoms with Crippen LogP contribution in [0.3, 0.4) is 0 Å². The second kappa shape index (κ2) is 7.54. The fraction of sp³-hybridized carbons (Fsp3) is 0.176. The van der Waals surface area contributed by atoms with Gasteiger partial charge in [-0.25, -0.2) is 0 Å². The topological polar surface area (TPSA) is 79.4 Å². The Morgan fingerprint density at radius 3 is 2.12 bits per heavy atom. The van der Waals surface area contributed by atoms with E-state index in [1.54, 1.807) is 36.4 Å². The third-order valence-electron chi connectivity index (χ3n) is 3.51. The predicted octanol–water partition coefficient (Wildman–Crippen LogP) is 2.77. The molecule has 0 aliphatic carbocycles. The molecule has 2 rings (SSSR count). The molecule has 0 radical (unpaired) electrons. The van der Waals surface area contributed by atoms with Gasteiger partial charge in [0.15, 0.2) is 5.96 Å². The van der Waals surface area contributed by atoms with Crippen LogP contribution in [0.2, 0.25) is 0 Å². The highest BCUT2D eigenvalue weighted by molar-refractivity contribution is 5.99. The molecule has 1 amide bonds. The summed E-state index contributed by atoms with van der Waals surface area (Å²) in [6.45, 7) is -2.91. The van der Waals surface area contributed by atoms with E-state index in [0.29, 0.717) is 11.1 Å². The van der Waals surface area contributed by atoms with Gasteiger partial charge in [0.1, 0.15) is 5.75 Å². The van der Waals surface area contributed by atoms with Gasteiger partial charge < -0.3 is 10.5 Å². The van der Waals surface area contributed by atoms with Gasteiger partial charge in [-0.3, -0.25) is 15.1 Å². The first kappa shape index (κ1) is 17.4. The number of hydrogen-bond donors (Lipinski definition) is 2. The normalized spacial score (nSPS) is 11.8. The fourth-order valence-electron chi connectivity index (χ4n) is 2.28. The van der Waals surface area contributed by atoms with E-state index in [0.717, 1.165) is 4.90 Å². The van der Waals surface area contributed by atoms with Crippen LogP contribution in [0.25, 0.3) is 0 Å². The van der Waals surface area contributed by atoms with E-state index in [1.165, 1.54) is 19.2 Å². The van der Waals surface area contributed by atoms with Crippen molar-refractivity contribution in [3.63, 3.8) is 0 Å². The van der Waals surface area contributed by atoms with Crippen LogP contribution in [0.5, 0.6) is 5.75 Å². The second-order valence-corrected chi connectivity index (χ2v) is 5.07. The van der Waals surface area contributed by atoms with Gasteiger partial charge in [0.05, 0.1) is 5.92 Å². The van der Waals surface area contributed by atoms with Crippen molar-refractivity contribution in [2.75, 3.05) is 7.05 Å². The molecular weight excluding hydrogens is 316 g/mol. The molecule has 1 unspecified atom stereocenters. The maximum Gasteiger partial charge on any atom is 0.387 e. The lowest BCUT2D eigenvalue weighted by molar-refractivity contribution is -0.127. The average molecular weight is 333 g/mol. The summed E-state index contributed by atoms with van der Waals surface area (Å²) in [5, 5.41) is 7.44. The molecule has 7 heteroatoms. The number of ether oxygens (including phenoxy) is 1. The molecule has 1 atom stereocenters. The van der Waals surface area contributed by atoms with Crippen molar-refractivity contribution in [3.05, 3.63) is 65.7 Å². The SMILES string of the molecule is CN(C(=N)N)C(=O)C(c1ccccc1)c1ccc(OC(F)F)cc1. The number of benzene rings is 2. The van der Waals surface area contributed by atoms with Gasteiger partial charge in [0.2, 0.25) is 5.91 Å². The highest BCUT2D eigenvalue weighted by Gasteiger charge is 2.27. The summed E-state index contributed by atoms with van der Waals surface area (Å²) in [5.41, 5.74) is 6.69. The van der Waals surface area contributed by atoms with Crippen LogP contribution in [0.4, 0.5) is 8.78 Å². The van der Waals surface area contributed by atoms with Gasteiger partial charge in [0, 0.05) is 7.05 Å². The number of hydrogen-bond acceptors (Lipinski definition) is 3. The van der Waals surface area contributed by atoms with Crippen molar-refractivity contribution in [2.45, 2.75) is 12.5 Å². The van der Waals surface area contributed by atoms with Crippen molar-refractivity contribution < 1.29 is 18.3 Å². The molecule has 24 heavy (non-hydrogen) atoms. The van der Waals surface area contributed by atoms with E-state index < -0.39 is 18.4 Å². The number of nitrogens with two attached hydrogens (primary N) is 1. The smallest absolute Gasteiger partial charge is 0.387 e. The molecule has 0 aromatic heterocycles. The van der Waals surface area contributed by atoms with E-state index in [-0.39, 0.29) is 11.7 Å². The van der Waals surface area contributed by atoms with Crippen LogP contribution in [0, 0.1) is 5.41 Å². The highest BCUT2D eigenvalue weighted by Crippen LogP contribution is 2.28. The van der Waals surface area contributed by atoms with Crippen molar-refractivity contribution in [1.29, 1.82) is 5.41 Å². The first-order chi connectivity index (χ1) is 11.4. The lowest BCUT2D eigenvalue weighted by Gasteiger charge is -2.23. The van der Waals surface area contributed by atoms with Gasteiger partial charge in [-0.1, -0.05) is 42.5 Å². The number of rotatable bonds is 5. The van der Waals surface area contributed by atoms with E-state index in [2.05, 4.69) is 4.74 Å².